The first-order chi connectivity index (χ1) is 12.0. The molecule has 1 fully saturated rings. The molecule has 1 aliphatic rings. The maximum atomic E-state index is 12.8. The molecule has 25 heavy (non-hydrogen) atoms. The zero-order chi connectivity index (χ0) is 17.8. The Kier molecular flexibility index (Phi) is 5.77. The third-order valence-corrected chi connectivity index (χ3v) is 5.03. The van der Waals surface area contributed by atoms with E-state index in [0.717, 1.165) is 43.3 Å². The van der Waals surface area contributed by atoms with Gasteiger partial charge in [0.15, 0.2) is 0 Å². The Bertz CT molecular complexity index is 719. The van der Waals surface area contributed by atoms with Crippen LogP contribution in [-0.4, -0.2) is 41.9 Å². The molecule has 0 spiro atoms. The monoisotopic (exact) mass is 356 g/mol. The van der Waals surface area contributed by atoms with Gasteiger partial charge >= 0.3 is 0 Å². The van der Waals surface area contributed by atoms with Gasteiger partial charge in [-0.15, -0.1) is 0 Å². The van der Waals surface area contributed by atoms with Crippen LogP contribution in [0.3, 0.4) is 0 Å². The number of hydrogen-bond donors (Lipinski definition) is 0. The fraction of sp³-hybridized carbons (Fsp3) is 0.381. The molecule has 0 unspecified atom stereocenters. The number of hydrogen-bond acceptors (Lipinski definition) is 2. The number of amides is 1. The van der Waals surface area contributed by atoms with Crippen LogP contribution in [0.4, 0.5) is 0 Å². The van der Waals surface area contributed by atoms with Crippen LogP contribution in [0, 0.1) is 0 Å². The highest BCUT2D eigenvalue weighted by atomic mass is 35.5. The van der Waals surface area contributed by atoms with Crippen molar-refractivity contribution in [3.05, 3.63) is 70.2 Å². The van der Waals surface area contributed by atoms with E-state index < -0.39 is 0 Å². The van der Waals surface area contributed by atoms with Crippen LogP contribution >= 0.6 is 11.6 Å². The first-order valence-electron chi connectivity index (χ1n) is 8.89. The van der Waals surface area contributed by atoms with Gasteiger partial charge in [-0.1, -0.05) is 49.7 Å². The Morgan fingerprint density at radius 3 is 2.36 bits per heavy atom. The maximum absolute atomic E-state index is 12.8. The zero-order valence-electron chi connectivity index (χ0n) is 14.9. The van der Waals surface area contributed by atoms with Crippen LogP contribution in [0.2, 0.25) is 5.02 Å². The number of halogens is 1. The molecule has 0 N–H and O–H groups in total. The summed E-state index contributed by atoms with van der Waals surface area (Å²) in [6, 6.07) is 16.0. The zero-order valence-corrected chi connectivity index (χ0v) is 15.7. The number of benzene rings is 2. The summed E-state index contributed by atoms with van der Waals surface area (Å²) in [5.41, 5.74) is 3.28. The Morgan fingerprint density at radius 2 is 1.72 bits per heavy atom. The van der Waals surface area contributed by atoms with Crippen LogP contribution in [-0.2, 0) is 6.54 Å². The van der Waals surface area contributed by atoms with Crippen LogP contribution in [0.25, 0.3) is 0 Å². The molecule has 132 valence electrons. The Labute approximate surface area is 155 Å². The highest BCUT2D eigenvalue weighted by molar-refractivity contribution is 6.30. The van der Waals surface area contributed by atoms with E-state index in [0.29, 0.717) is 5.92 Å². The molecule has 2 aromatic rings. The number of carbonyl (C=O) groups excluding carboxylic acids is 1. The summed E-state index contributed by atoms with van der Waals surface area (Å²) in [5.74, 6) is 0.581. The minimum absolute atomic E-state index is 0.147. The summed E-state index contributed by atoms with van der Waals surface area (Å²) < 4.78 is 0. The molecule has 3 nitrogen and oxygen atoms in total. The van der Waals surface area contributed by atoms with Gasteiger partial charge < -0.3 is 4.90 Å². The van der Waals surface area contributed by atoms with Gasteiger partial charge in [-0.2, -0.15) is 0 Å². The van der Waals surface area contributed by atoms with Crippen molar-refractivity contribution in [3.8, 4) is 0 Å². The van der Waals surface area contributed by atoms with Crippen molar-refractivity contribution in [2.45, 2.75) is 26.3 Å². The van der Waals surface area contributed by atoms with Gasteiger partial charge in [0, 0.05) is 43.3 Å². The van der Waals surface area contributed by atoms with Crippen molar-refractivity contribution in [2.24, 2.45) is 0 Å². The summed E-state index contributed by atoms with van der Waals surface area (Å²) in [6.07, 6.45) is 0. The third-order valence-electron chi connectivity index (χ3n) is 4.78. The lowest BCUT2D eigenvalue weighted by Gasteiger charge is -2.35. The minimum atomic E-state index is 0.147. The highest BCUT2D eigenvalue weighted by Gasteiger charge is 2.22. The molecule has 0 radical (unpaired) electrons. The van der Waals surface area contributed by atoms with E-state index in [4.69, 9.17) is 11.6 Å². The molecule has 1 aliphatic heterocycles. The van der Waals surface area contributed by atoms with Crippen molar-refractivity contribution in [2.75, 3.05) is 26.2 Å². The quantitative estimate of drug-likeness (QED) is 0.809. The van der Waals surface area contributed by atoms with Crippen molar-refractivity contribution in [3.63, 3.8) is 0 Å². The molecule has 0 saturated carbocycles. The van der Waals surface area contributed by atoms with Crippen molar-refractivity contribution in [1.29, 1.82) is 0 Å². The molecule has 4 heteroatoms. The van der Waals surface area contributed by atoms with Gasteiger partial charge in [-0.05, 0) is 41.3 Å². The number of rotatable bonds is 4. The average Bonchev–Trinajstić information content (AvgIpc) is 2.64. The molecule has 1 amide bonds. The SMILES string of the molecule is CC(C)c1cccc(C(=O)N2CCN(Cc3ccc(Cl)cc3)CC2)c1. The molecular formula is C21H25ClN2O. The second kappa shape index (κ2) is 8.03. The second-order valence-electron chi connectivity index (χ2n) is 6.97. The fourth-order valence-corrected chi connectivity index (χ4v) is 3.30. The standard InChI is InChI=1S/C21H25ClN2O/c1-16(2)18-4-3-5-19(14-18)21(25)24-12-10-23(11-13-24)15-17-6-8-20(22)9-7-17/h3-9,14,16H,10-13,15H2,1-2H3. The fourth-order valence-electron chi connectivity index (χ4n) is 3.17. The lowest BCUT2D eigenvalue weighted by atomic mass is 10.0. The predicted molar refractivity (Wildman–Crippen MR) is 103 cm³/mol. The highest BCUT2D eigenvalue weighted by Crippen LogP contribution is 2.18. The summed E-state index contributed by atoms with van der Waals surface area (Å²) in [4.78, 5) is 17.1. The van der Waals surface area contributed by atoms with Gasteiger partial charge in [0.05, 0.1) is 0 Å². The number of carbonyl (C=O) groups is 1. The number of piperazine rings is 1. The van der Waals surface area contributed by atoms with Gasteiger partial charge in [0.1, 0.15) is 0 Å². The van der Waals surface area contributed by atoms with Crippen LogP contribution in [0.15, 0.2) is 48.5 Å². The normalized spacial score (nSPS) is 15.6. The van der Waals surface area contributed by atoms with E-state index in [-0.39, 0.29) is 5.91 Å². The topological polar surface area (TPSA) is 23.6 Å². The predicted octanol–water partition coefficient (Wildman–Crippen LogP) is 4.42. The summed E-state index contributed by atoms with van der Waals surface area (Å²) in [7, 11) is 0. The van der Waals surface area contributed by atoms with Crippen molar-refractivity contribution in [1.82, 2.24) is 9.80 Å². The van der Waals surface area contributed by atoms with E-state index in [1.54, 1.807) is 0 Å². The third kappa shape index (κ3) is 4.62. The van der Waals surface area contributed by atoms with Crippen molar-refractivity contribution >= 4 is 17.5 Å². The van der Waals surface area contributed by atoms with E-state index in [1.165, 1.54) is 11.1 Å². The Hall–Kier alpha value is -1.84. The van der Waals surface area contributed by atoms with Crippen LogP contribution in [0.1, 0.15) is 41.3 Å². The van der Waals surface area contributed by atoms with Crippen molar-refractivity contribution < 1.29 is 4.79 Å². The van der Waals surface area contributed by atoms with Gasteiger partial charge in [-0.3, -0.25) is 9.69 Å². The first-order valence-corrected chi connectivity index (χ1v) is 9.27. The largest absolute Gasteiger partial charge is 0.336 e. The van der Waals surface area contributed by atoms with Crippen LogP contribution in [0.5, 0.6) is 0 Å². The first kappa shape index (κ1) is 18.0. The lowest BCUT2D eigenvalue weighted by Crippen LogP contribution is -2.48. The molecule has 3 rings (SSSR count). The smallest absolute Gasteiger partial charge is 0.253 e. The van der Waals surface area contributed by atoms with Gasteiger partial charge in [-0.25, -0.2) is 0 Å². The molecule has 2 aromatic carbocycles. The van der Waals surface area contributed by atoms with Gasteiger partial charge in [0.25, 0.3) is 5.91 Å². The minimum Gasteiger partial charge on any atom is -0.336 e. The maximum Gasteiger partial charge on any atom is 0.253 e. The molecule has 0 atom stereocenters. The van der Waals surface area contributed by atoms with E-state index in [2.05, 4.69) is 36.9 Å². The summed E-state index contributed by atoms with van der Waals surface area (Å²) in [5, 5.41) is 0.766. The Morgan fingerprint density at radius 1 is 1.04 bits per heavy atom. The molecule has 1 heterocycles. The average molecular weight is 357 g/mol. The summed E-state index contributed by atoms with van der Waals surface area (Å²) >= 11 is 5.94. The lowest BCUT2D eigenvalue weighted by molar-refractivity contribution is 0.0628. The molecule has 1 saturated heterocycles. The van der Waals surface area contributed by atoms with Crippen LogP contribution < -0.4 is 0 Å². The van der Waals surface area contributed by atoms with E-state index in [9.17, 15) is 4.79 Å². The van der Waals surface area contributed by atoms with E-state index in [1.807, 2.05) is 35.2 Å². The van der Waals surface area contributed by atoms with Gasteiger partial charge in [0.2, 0.25) is 0 Å². The number of nitrogens with zero attached hydrogens (tertiary/aromatic N) is 2. The summed E-state index contributed by atoms with van der Waals surface area (Å²) in [6.45, 7) is 8.56. The van der Waals surface area contributed by atoms with E-state index >= 15 is 0 Å². The Balaban J connectivity index is 1.57. The molecule has 0 aliphatic carbocycles. The second-order valence-corrected chi connectivity index (χ2v) is 7.41. The molecule has 0 bridgehead atoms. The molecule has 0 aromatic heterocycles. The molecular weight excluding hydrogens is 332 g/mol.